The fourth-order valence-electron chi connectivity index (χ4n) is 2.01. The van der Waals surface area contributed by atoms with E-state index in [1.165, 1.54) is 16.3 Å². The van der Waals surface area contributed by atoms with Gasteiger partial charge in [0.15, 0.2) is 6.20 Å². The highest BCUT2D eigenvalue weighted by atomic mass is 127. The number of para-hydroxylation sites is 1. The van der Waals surface area contributed by atoms with E-state index in [1.54, 1.807) is 0 Å². The molecule has 1 aromatic carbocycles. The summed E-state index contributed by atoms with van der Waals surface area (Å²) >= 11 is 0. The zero-order valence-electron chi connectivity index (χ0n) is 8.89. The lowest BCUT2D eigenvalue weighted by molar-refractivity contribution is -0.643. The van der Waals surface area contributed by atoms with Crippen molar-refractivity contribution >= 4 is 21.8 Å². The van der Waals surface area contributed by atoms with Gasteiger partial charge in [0.25, 0.3) is 0 Å². The maximum absolute atomic E-state index is 4.44. The predicted octanol–water partition coefficient (Wildman–Crippen LogP) is -0.784. The number of rotatable bonds is 0. The fraction of sp³-hybridized carbons (Fsp3) is 0.0769. The van der Waals surface area contributed by atoms with E-state index in [-0.39, 0.29) is 24.0 Å². The second-order valence-corrected chi connectivity index (χ2v) is 3.70. The first kappa shape index (κ1) is 11.3. The Bertz CT molecular complexity index is 650. The number of benzene rings is 1. The molecule has 0 fully saturated rings. The van der Waals surface area contributed by atoms with Crippen LogP contribution in [-0.4, -0.2) is 4.98 Å². The SMILES string of the molecule is C[n+]1cc2cccnc2c2ccccc21.[I-]. The number of aryl methyl sites for hydroxylation is 1. The standard InChI is InChI=1S/C13H11N2.HI/c1-15-9-10-5-4-8-14-13(10)11-6-2-3-7-12(11)15;/h2-9H,1H3;1H/q+1;/p-1. The molecule has 0 saturated carbocycles. The van der Waals surface area contributed by atoms with Crippen LogP contribution in [0.4, 0.5) is 0 Å². The number of aromatic nitrogens is 2. The van der Waals surface area contributed by atoms with Crippen molar-refractivity contribution in [1.82, 2.24) is 4.98 Å². The topological polar surface area (TPSA) is 16.8 Å². The van der Waals surface area contributed by atoms with Gasteiger partial charge in [-0.3, -0.25) is 4.98 Å². The summed E-state index contributed by atoms with van der Waals surface area (Å²) in [6.45, 7) is 0. The highest BCUT2D eigenvalue weighted by Gasteiger charge is 2.09. The third-order valence-corrected chi connectivity index (χ3v) is 2.71. The third kappa shape index (κ3) is 1.65. The molecular weight excluding hydrogens is 311 g/mol. The number of halogens is 1. The number of hydrogen-bond acceptors (Lipinski definition) is 1. The van der Waals surface area contributed by atoms with E-state index >= 15 is 0 Å². The lowest BCUT2D eigenvalue weighted by Gasteiger charge is -2.00. The lowest BCUT2D eigenvalue weighted by Crippen LogP contribution is -3.00. The molecule has 16 heavy (non-hydrogen) atoms. The van der Waals surface area contributed by atoms with Crippen LogP contribution in [0.25, 0.3) is 21.8 Å². The van der Waals surface area contributed by atoms with Crippen molar-refractivity contribution in [3.8, 4) is 0 Å². The normalized spacial score (nSPS) is 10.3. The maximum Gasteiger partial charge on any atom is 0.214 e. The minimum absolute atomic E-state index is 0. The van der Waals surface area contributed by atoms with Gasteiger partial charge < -0.3 is 24.0 Å². The van der Waals surface area contributed by atoms with Gasteiger partial charge in [-0.25, -0.2) is 4.57 Å². The number of hydrogen-bond donors (Lipinski definition) is 0. The van der Waals surface area contributed by atoms with E-state index < -0.39 is 0 Å². The van der Waals surface area contributed by atoms with Crippen LogP contribution in [0.15, 0.2) is 48.8 Å². The first-order valence-electron chi connectivity index (χ1n) is 4.98. The van der Waals surface area contributed by atoms with E-state index in [4.69, 9.17) is 0 Å². The molecule has 0 atom stereocenters. The molecule has 3 heteroatoms. The Morgan fingerprint density at radius 1 is 1.06 bits per heavy atom. The van der Waals surface area contributed by atoms with Crippen LogP contribution < -0.4 is 28.5 Å². The molecule has 2 nitrogen and oxygen atoms in total. The summed E-state index contributed by atoms with van der Waals surface area (Å²) in [7, 11) is 2.06. The highest BCUT2D eigenvalue weighted by Crippen LogP contribution is 2.19. The summed E-state index contributed by atoms with van der Waals surface area (Å²) in [4.78, 5) is 4.44. The average Bonchev–Trinajstić information content (AvgIpc) is 2.30. The summed E-state index contributed by atoms with van der Waals surface area (Å²) < 4.78 is 2.14. The molecule has 0 saturated heterocycles. The number of nitrogens with zero attached hydrogens (tertiary/aromatic N) is 2. The molecule has 0 spiro atoms. The minimum atomic E-state index is 0. The number of pyridine rings is 2. The van der Waals surface area contributed by atoms with E-state index in [9.17, 15) is 0 Å². The summed E-state index contributed by atoms with van der Waals surface area (Å²) in [5.74, 6) is 0. The van der Waals surface area contributed by atoms with Crippen LogP contribution >= 0.6 is 0 Å². The van der Waals surface area contributed by atoms with Crippen molar-refractivity contribution in [1.29, 1.82) is 0 Å². The quantitative estimate of drug-likeness (QED) is 0.301. The zero-order valence-corrected chi connectivity index (χ0v) is 11.0. The molecular formula is C13H11IN2. The Morgan fingerprint density at radius 3 is 2.75 bits per heavy atom. The zero-order chi connectivity index (χ0) is 10.3. The molecule has 80 valence electrons. The lowest BCUT2D eigenvalue weighted by atomic mass is 10.1. The third-order valence-electron chi connectivity index (χ3n) is 2.71. The molecule has 0 aliphatic rings. The summed E-state index contributed by atoms with van der Waals surface area (Å²) in [6.07, 6.45) is 3.96. The van der Waals surface area contributed by atoms with Crippen LogP contribution in [0.5, 0.6) is 0 Å². The van der Waals surface area contributed by atoms with E-state index in [0.29, 0.717) is 0 Å². The summed E-state index contributed by atoms with van der Waals surface area (Å²) in [5, 5.41) is 2.39. The first-order chi connectivity index (χ1) is 7.36. The van der Waals surface area contributed by atoms with Gasteiger partial charge in [0.2, 0.25) is 5.52 Å². The van der Waals surface area contributed by atoms with Crippen molar-refractivity contribution in [2.75, 3.05) is 0 Å². The van der Waals surface area contributed by atoms with Gasteiger partial charge in [-0.1, -0.05) is 12.1 Å². The second kappa shape index (κ2) is 4.33. The highest BCUT2D eigenvalue weighted by molar-refractivity contribution is 6.00. The molecule has 0 aliphatic carbocycles. The van der Waals surface area contributed by atoms with Gasteiger partial charge in [0, 0.05) is 12.3 Å². The first-order valence-corrected chi connectivity index (χ1v) is 4.98. The van der Waals surface area contributed by atoms with Gasteiger partial charge in [-0.15, -0.1) is 0 Å². The second-order valence-electron chi connectivity index (χ2n) is 3.70. The predicted molar refractivity (Wildman–Crippen MR) is 60.4 cm³/mol. The van der Waals surface area contributed by atoms with Gasteiger partial charge in [0.05, 0.1) is 16.3 Å². The van der Waals surface area contributed by atoms with Crippen molar-refractivity contribution in [2.24, 2.45) is 7.05 Å². The molecule has 2 aromatic heterocycles. The molecule has 0 aliphatic heterocycles. The van der Waals surface area contributed by atoms with Crippen LogP contribution in [0.3, 0.4) is 0 Å². The van der Waals surface area contributed by atoms with Crippen LogP contribution in [0, 0.1) is 0 Å². The minimum Gasteiger partial charge on any atom is -1.00 e. The maximum atomic E-state index is 4.44. The summed E-state index contributed by atoms with van der Waals surface area (Å²) in [6, 6.07) is 12.4. The molecule has 3 rings (SSSR count). The number of fused-ring (bicyclic) bond motifs is 3. The Hall–Kier alpha value is -1.23. The molecule has 2 heterocycles. The van der Waals surface area contributed by atoms with Crippen molar-refractivity contribution < 1.29 is 28.5 Å². The molecule has 0 amide bonds. The smallest absolute Gasteiger partial charge is 0.214 e. The van der Waals surface area contributed by atoms with Gasteiger partial charge >= 0.3 is 0 Å². The molecule has 0 bridgehead atoms. The molecule has 0 N–H and O–H groups in total. The largest absolute Gasteiger partial charge is 1.00 e. The van der Waals surface area contributed by atoms with Gasteiger partial charge in [0.1, 0.15) is 7.05 Å². The van der Waals surface area contributed by atoms with Crippen molar-refractivity contribution in [3.05, 3.63) is 48.8 Å². The fourth-order valence-corrected chi connectivity index (χ4v) is 2.01. The van der Waals surface area contributed by atoms with E-state index in [0.717, 1.165) is 5.52 Å². The van der Waals surface area contributed by atoms with E-state index in [1.807, 2.05) is 12.3 Å². The van der Waals surface area contributed by atoms with Crippen molar-refractivity contribution in [2.45, 2.75) is 0 Å². The Balaban J connectivity index is 0.000000963. The average molecular weight is 322 g/mol. The Morgan fingerprint density at radius 2 is 1.88 bits per heavy atom. The van der Waals surface area contributed by atoms with Crippen LogP contribution in [0.2, 0.25) is 0 Å². The van der Waals surface area contributed by atoms with Crippen LogP contribution in [-0.2, 0) is 7.05 Å². The van der Waals surface area contributed by atoms with Crippen LogP contribution in [0.1, 0.15) is 0 Å². The van der Waals surface area contributed by atoms with Crippen molar-refractivity contribution in [3.63, 3.8) is 0 Å². The molecule has 0 radical (unpaired) electrons. The molecule has 0 unspecified atom stereocenters. The van der Waals surface area contributed by atoms with E-state index in [2.05, 4.69) is 53.1 Å². The summed E-state index contributed by atoms with van der Waals surface area (Å²) in [5.41, 5.74) is 2.29. The van der Waals surface area contributed by atoms with Gasteiger partial charge in [-0.2, -0.15) is 0 Å². The van der Waals surface area contributed by atoms with Gasteiger partial charge in [-0.05, 0) is 18.2 Å². The Labute approximate surface area is 111 Å². The monoisotopic (exact) mass is 322 g/mol. The Kier molecular flexibility index (Phi) is 3.05. The molecule has 3 aromatic rings.